The van der Waals surface area contributed by atoms with Crippen molar-refractivity contribution in [2.75, 3.05) is 13.7 Å². The molecule has 0 aliphatic rings. The van der Waals surface area contributed by atoms with Crippen molar-refractivity contribution in [3.8, 4) is 0 Å². The number of benzene rings is 2. The number of esters is 1. The summed E-state index contributed by atoms with van der Waals surface area (Å²) < 4.78 is 8.17. The Hall–Kier alpha value is -3.78. The lowest BCUT2D eigenvalue weighted by Crippen LogP contribution is -2.30. The van der Waals surface area contributed by atoms with Gasteiger partial charge < -0.3 is 9.64 Å². The number of amides is 1. The number of para-hydroxylation sites is 1. The molecular weight excluding hydrogens is 460 g/mol. The van der Waals surface area contributed by atoms with Gasteiger partial charge in [-0.25, -0.2) is 9.78 Å². The van der Waals surface area contributed by atoms with Gasteiger partial charge in [0, 0.05) is 24.4 Å². The van der Waals surface area contributed by atoms with Crippen LogP contribution >= 0.6 is 11.3 Å². The summed E-state index contributed by atoms with van der Waals surface area (Å²) in [5.41, 5.74) is 5.94. The number of carbonyl (C=O) groups is 2. The number of fused-ring (bicyclic) bond motifs is 1. The zero-order valence-electron chi connectivity index (χ0n) is 20.3. The number of hydrogen-bond acceptors (Lipinski definition) is 6. The highest BCUT2D eigenvalue weighted by Crippen LogP contribution is 2.22. The molecule has 0 radical (unpaired) electrons. The molecule has 0 fully saturated rings. The van der Waals surface area contributed by atoms with E-state index in [1.54, 1.807) is 24.5 Å². The monoisotopic (exact) mass is 488 g/mol. The van der Waals surface area contributed by atoms with Crippen LogP contribution in [0.4, 0.5) is 0 Å². The molecule has 35 heavy (non-hydrogen) atoms. The summed E-state index contributed by atoms with van der Waals surface area (Å²) in [6.07, 6.45) is 3.04. The molecule has 8 heteroatoms. The molecule has 0 N–H and O–H groups in total. The van der Waals surface area contributed by atoms with Crippen molar-refractivity contribution in [3.05, 3.63) is 87.7 Å². The summed E-state index contributed by atoms with van der Waals surface area (Å²) in [6.45, 7) is 6.63. The fourth-order valence-corrected chi connectivity index (χ4v) is 4.71. The maximum atomic E-state index is 12.4. The van der Waals surface area contributed by atoms with E-state index in [2.05, 4.69) is 41.3 Å². The number of likely N-dealkylation sites (N-methyl/N-ethyl adjacent to an activating group) is 1. The molecule has 1 amide bonds. The predicted octanol–water partition coefficient (Wildman–Crippen LogP) is 4.68. The van der Waals surface area contributed by atoms with Gasteiger partial charge in [0.05, 0.1) is 29.0 Å². The first kappa shape index (κ1) is 24.3. The second-order valence-electron chi connectivity index (χ2n) is 8.49. The Morgan fingerprint density at radius 2 is 1.83 bits per heavy atom. The molecule has 0 aliphatic heterocycles. The van der Waals surface area contributed by atoms with Gasteiger partial charge in [-0.05, 0) is 44.5 Å². The van der Waals surface area contributed by atoms with Crippen LogP contribution in [-0.4, -0.2) is 45.2 Å². The number of aryl methyl sites for hydroxylation is 2. The summed E-state index contributed by atoms with van der Waals surface area (Å²) in [4.78, 5) is 30.7. The van der Waals surface area contributed by atoms with Crippen molar-refractivity contribution in [3.63, 3.8) is 0 Å². The summed E-state index contributed by atoms with van der Waals surface area (Å²) >= 11 is 1.55. The molecule has 0 bridgehead atoms. The molecule has 0 aliphatic carbocycles. The molecule has 2 aromatic carbocycles. The quantitative estimate of drug-likeness (QED) is 0.266. The third kappa shape index (κ3) is 6.02. The summed E-state index contributed by atoms with van der Waals surface area (Å²) in [6, 6.07) is 16.2. The van der Waals surface area contributed by atoms with Crippen molar-refractivity contribution < 1.29 is 14.3 Å². The lowest BCUT2D eigenvalue weighted by Gasteiger charge is -2.15. The third-order valence-electron chi connectivity index (χ3n) is 5.75. The first-order valence-corrected chi connectivity index (χ1v) is 12.1. The number of thiazole rings is 1. The van der Waals surface area contributed by atoms with Gasteiger partial charge >= 0.3 is 5.97 Å². The molecule has 2 aromatic heterocycles. The Bertz CT molecular complexity index is 1350. The highest BCUT2D eigenvalue weighted by molar-refractivity contribution is 7.18. The number of ether oxygens (including phenoxy) is 1. The van der Waals surface area contributed by atoms with E-state index in [4.69, 9.17) is 4.74 Å². The minimum absolute atomic E-state index is 0.288. The van der Waals surface area contributed by atoms with Crippen molar-refractivity contribution in [1.29, 1.82) is 0 Å². The standard InChI is InChI=1S/C27H28N4O3S/c1-18-9-11-21(12-10-18)15-31-20(3)22(19(2)29-31)13-14-27(33)34-17-26(32)30(4)16-25-28-23-7-5-6-8-24(23)35-25/h5-14H,15-17H2,1-4H3/b14-13+. The van der Waals surface area contributed by atoms with Crippen LogP contribution < -0.4 is 0 Å². The number of carbonyl (C=O) groups excluding carboxylic acids is 2. The highest BCUT2D eigenvalue weighted by atomic mass is 32.1. The van der Waals surface area contributed by atoms with E-state index in [9.17, 15) is 9.59 Å². The van der Waals surface area contributed by atoms with Gasteiger partial charge in [-0.3, -0.25) is 9.48 Å². The van der Waals surface area contributed by atoms with Gasteiger partial charge in [-0.2, -0.15) is 5.10 Å². The van der Waals surface area contributed by atoms with Crippen molar-refractivity contribution >= 4 is 39.5 Å². The first-order chi connectivity index (χ1) is 16.8. The molecule has 0 unspecified atom stereocenters. The zero-order valence-corrected chi connectivity index (χ0v) is 21.1. The fraction of sp³-hybridized carbons (Fsp3) is 0.259. The highest BCUT2D eigenvalue weighted by Gasteiger charge is 2.15. The van der Waals surface area contributed by atoms with Gasteiger partial charge in [0.2, 0.25) is 0 Å². The number of hydrogen-bond donors (Lipinski definition) is 0. The normalized spacial score (nSPS) is 11.3. The molecule has 4 aromatic rings. The molecule has 7 nitrogen and oxygen atoms in total. The van der Waals surface area contributed by atoms with Crippen LogP contribution in [0.15, 0.2) is 54.6 Å². The number of nitrogens with zero attached hydrogens (tertiary/aromatic N) is 4. The fourth-order valence-electron chi connectivity index (χ4n) is 3.69. The van der Waals surface area contributed by atoms with Crippen LogP contribution in [-0.2, 0) is 27.4 Å². The molecule has 0 saturated carbocycles. The minimum atomic E-state index is -0.572. The molecule has 2 heterocycles. The Morgan fingerprint density at radius 1 is 1.09 bits per heavy atom. The van der Waals surface area contributed by atoms with Crippen LogP contribution in [0, 0.1) is 20.8 Å². The average molecular weight is 489 g/mol. The summed E-state index contributed by atoms with van der Waals surface area (Å²) in [5, 5.41) is 5.44. The first-order valence-electron chi connectivity index (χ1n) is 11.3. The second-order valence-corrected chi connectivity index (χ2v) is 9.61. The van der Waals surface area contributed by atoms with Crippen molar-refractivity contribution in [2.24, 2.45) is 0 Å². The maximum absolute atomic E-state index is 12.4. The zero-order chi connectivity index (χ0) is 24.9. The lowest BCUT2D eigenvalue weighted by atomic mass is 10.1. The van der Waals surface area contributed by atoms with Gasteiger partial charge in [0.15, 0.2) is 6.61 Å². The van der Waals surface area contributed by atoms with Crippen molar-refractivity contribution in [2.45, 2.75) is 33.9 Å². The summed E-state index contributed by atoms with van der Waals surface area (Å²) in [7, 11) is 1.67. The van der Waals surface area contributed by atoms with E-state index in [-0.39, 0.29) is 12.5 Å². The molecule has 180 valence electrons. The Balaban J connectivity index is 1.31. The Labute approximate surface area is 208 Å². The summed E-state index contributed by atoms with van der Waals surface area (Å²) in [5.74, 6) is -0.860. The Morgan fingerprint density at radius 3 is 2.57 bits per heavy atom. The number of aromatic nitrogens is 3. The maximum Gasteiger partial charge on any atom is 0.331 e. The second kappa shape index (κ2) is 10.7. The molecule has 4 rings (SSSR count). The van der Waals surface area contributed by atoms with Crippen LogP contribution in [0.1, 0.15) is 33.1 Å². The minimum Gasteiger partial charge on any atom is -0.452 e. The third-order valence-corrected chi connectivity index (χ3v) is 6.77. The van der Waals surface area contributed by atoms with E-state index < -0.39 is 5.97 Å². The Kier molecular flexibility index (Phi) is 7.41. The van der Waals surface area contributed by atoms with E-state index in [0.717, 1.165) is 37.7 Å². The molecular formula is C27H28N4O3S. The largest absolute Gasteiger partial charge is 0.452 e. The number of rotatable bonds is 8. The van der Waals surface area contributed by atoms with Crippen LogP contribution in [0.25, 0.3) is 16.3 Å². The van der Waals surface area contributed by atoms with Gasteiger partial charge in [0.1, 0.15) is 5.01 Å². The van der Waals surface area contributed by atoms with E-state index in [1.807, 2.05) is 42.8 Å². The topological polar surface area (TPSA) is 77.3 Å². The smallest absolute Gasteiger partial charge is 0.331 e. The molecule has 0 saturated heterocycles. The van der Waals surface area contributed by atoms with Crippen LogP contribution in [0.3, 0.4) is 0 Å². The van der Waals surface area contributed by atoms with Crippen molar-refractivity contribution in [1.82, 2.24) is 19.7 Å². The van der Waals surface area contributed by atoms with E-state index >= 15 is 0 Å². The van der Waals surface area contributed by atoms with Crippen LogP contribution in [0.2, 0.25) is 0 Å². The lowest BCUT2D eigenvalue weighted by molar-refractivity contribution is -0.147. The van der Waals surface area contributed by atoms with E-state index in [1.165, 1.54) is 16.5 Å². The van der Waals surface area contributed by atoms with Gasteiger partial charge in [0.25, 0.3) is 5.91 Å². The molecule has 0 atom stereocenters. The predicted molar refractivity (Wildman–Crippen MR) is 138 cm³/mol. The average Bonchev–Trinajstić information content (AvgIpc) is 3.36. The van der Waals surface area contributed by atoms with E-state index in [0.29, 0.717) is 13.1 Å². The van der Waals surface area contributed by atoms with Gasteiger partial charge in [-0.1, -0.05) is 42.0 Å². The molecule has 0 spiro atoms. The van der Waals surface area contributed by atoms with Gasteiger partial charge in [-0.15, -0.1) is 11.3 Å². The van der Waals surface area contributed by atoms with Crippen LogP contribution in [0.5, 0.6) is 0 Å². The SMILES string of the molecule is Cc1ccc(Cn2nc(C)c(/C=C/C(=O)OCC(=O)N(C)Cc3nc4ccccc4s3)c2C)cc1.